The van der Waals surface area contributed by atoms with Gasteiger partial charge in [0.05, 0.1) is 0 Å². The van der Waals surface area contributed by atoms with Crippen molar-refractivity contribution in [3.8, 4) is 0 Å². The highest BCUT2D eigenvalue weighted by molar-refractivity contribution is 5.97. The molecule has 1 fully saturated rings. The largest absolute Gasteiger partial charge is 0.354 e. The minimum absolute atomic E-state index is 0.0410. The Morgan fingerprint density at radius 2 is 2.00 bits per heavy atom. The Morgan fingerprint density at radius 1 is 1.28 bits per heavy atom. The number of halogens is 1. The van der Waals surface area contributed by atoms with E-state index in [0.29, 0.717) is 18.0 Å². The number of hydrogen-bond acceptors (Lipinski definition) is 3. The Labute approximate surface area is 148 Å². The third-order valence-electron chi connectivity index (χ3n) is 4.59. The van der Waals surface area contributed by atoms with Crippen LogP contribution in [0, 0.1) is 17.7 Å². The quantitative estimate of drug-likeness (QED) is 0.706. The standard InChI is InChI=1S/C19H28FN3O2/c1-13(2)17(23-18(24)15-5-7-16(20)8-6-15)19(25)22-11-9-14-4-3-10-21-12-14/h5-8,13-14,17,21H,3-4,9-12H2,1-2H3,(H,22,25)(H,23,24). The van der Waals surface area contributed by atoms with Gasteiger partial charge >= 0.3 is 0 Å². The lowest BCUT2D eigenvalue weighted by Gasteiger charge is -2.24. The summed E-state index contributed by atoms with van der Waals surface area (Å²) in [6, 6.07) is 4.68. The van der Waals surface area contributed by atoms with Gasteiger partial charge in [0.15, 0.2) is 0 Å². The van der Waals surface area contributed by atoms with Crippen molar-refractivity contribution in [2.45, 2.75) is 39.2 Å². The zero-order valence-corrected chi connectivity index (χ0v) is 15.0. The van der Waals surface area contributed by atoms with Crippen molar-refractivity contribution in [2.24, 2.45) is 11.8 Å². The van der Waals surface area contributed by atoms with Gasteiger partial charge in [0.25, 0.3) is 5.91 Å². The minimum Gasteiger partial charge on any atom is -0.354 e. The molecule has 1 heterocycles. The van der Waals surface area contributed by atoms with Gasteiger partial charge in [-0.05, 0) is 68.5 Å². The van der Waals surface area contributed by atoms with Gasteiger partial charge in [-0.1, -0.05) is 13.8 Å². The lowest BCUT2D eigenvalue weighted by atomic mass is 9.96. The molecule has 0 spiro atoms. The Kier molecular flexibility index (Phi) is 7.37. The van der Waals surface area contributed by atoms with E-state index in [9.17, 15) is 14.0 Å². The van der Waals surface area contributed by atoms with Crippen LogP contribution < -0.4 is 16.0 Å². The molecule has 6 heteroatoms. The Bertz CT molecular complexity index is 569. The maximum Gasteiger partial charge on any atom is 0.251 e. The molecule has 2 rings (SSSR count). The first-order chi connectivity index (χ1) is 12.0. The van der Waals surface area contributed by atoms with Crippen LogP contribution in [0.2, 0.25) is 0 Å². The van der Waals surface area contributed by atoms with Crippen LogP contribution in [-0.2, 0) is 4.79 Å². The highest BCUT2D eigenvalue weighted by Crippen LogP contribution is 2.13. The van der Waals surface area contributed by atoms with Crippen LogP contribution in [0.4, 0.5) is 4.39 Å². The maximum atomic E-state index is 13.0. The summed E-state index contributed by atoms with van der Waals surface area (Å²) >= 11 is 0. The molecule has 0 bridgehead atoms. The molecule has 0 radical (unpaired) electrons. The summed E-state index contributed by atoms with van der Waals surface area (Å²) in [7, 11) is 0. The fourth-order valence-electron chi connectivity index (χ4n) is 3.04. The lowest BCUT2D eigenvalue weighted by molar-refractivity contribution is -0.124. The summed E-state index contributed by atoms with van der Waals surface area (Å²) in [5.74, 6) is -0.382. The molecule has 2 amide bonds. The van der Waals surface area contributed by atoms with Gasteiger partial charge in [-0.25, -0.2) is 4.39 Å². The van der Waals surface area contributed by atoms with Crippen LogP contribution in [0.3, 0.4) is 0 Å². The van der Waals surface area contributed by atoms with Gasteiger partial charge in [0.1, 0.15) is 11.9 Å². The van der Waals surface area contributed by atoms with E-state index in [2.05, 4.69) is 16.0 Å². The van der Waals surface area contributed by atoms with Crippen molar-refractivity contribution in [1.29, 1.82) is 0 Å². The van der Waals surface area contributed by atoms with Gasteiger partial charge < -0.3 is 16.0 Å². The molecule has 0 aromatic heterocycles. The number of benzene rings is 1. The Hall–Kier alpha value is -1.95. The van der Waals surface area contributed by atoms with E-state index >= 15 is 0 Å². The highest BCUT2D eigenvalue weighted by atomic mass is 19.1. The molecule has 1 aliphatic rings. The fraction of sp³-hybridized carbons (Fsp3) is 0.579. The second kappa shape index (κ2) is 9.51. The normalized spacial score (nSPS) is 18.6. The molecule has 1 aromatic rings. The molecule has 1 saturated heterocycles. The first-order valence-corrected chi connectivity index (χ1v) is 9.02. The highest BCUT2D eigenvalue weighted by Gasteiger charge is 2.24. The van der Waals surface area contributed by atoms with E-state index in [-0.39, 0.29) is 17.7 Å². The van der Waals surface area contributed by atoms with Gasteiger partial charge in [-0.2, -0.15) is 0 Å². The molecule has 0 saturated carbocycles. The molecule has 5 nitrogen and oxygen atoms in total. The van der Waals surface area contributed by atoms with E-state index in [0.717, 1.165) is 19.5 Å². The Balaban J connectivity index is 1.84. The van der Waals surface area contributed by atoms with Gasteiger partial charge in [-0.15, -0.1) is 0 Å². The predicted octanol–water partition coefficient (Wildman–Crippen LogP) is 2.09. The number of rotatable bonds is 7. The van der Waals surface area contributed by atoms with Crippen LogP contribution in [-0.4, -0.2) is 37.5 Å². The average Bonchev–Trinajstić information content (AvgIpc) is 2.60. The van der Waals surface area contributed by atoms with Crippen molar-refractivity contribution < 1.29 is 14.0 Å². The number of nitrogens with one attached hydrogen (secondary N) is 3. The molecule has 0 aliphatic carbocycles. The van der Waals surface area contributed by atoms with Crippen LogP contribution in [0.1, 0.15) is 43.5 Å². The predicted molar refractivity (Wildman–Crippen MR) is 95.7 cm³/mol. The second-order valence-electron chi connectivity index (χ2n) is 6.99. The van der Waals surface area contributed by atoms with E-state index in [4.69, 9.17) is 0 Å². The number of hydrogen-bond donors (Lipinski definition) is 3. The van der Waals surface area contributed by atoms with E-state index < -0.39 is 11.9 Å². The van der Waals surface area contributed by atoms with E-state index in [1.807, 2.05) is 13.8 Å². The van der Waals surface area contributed by atoms with Gasteiger partial charge in [0.2, 0.25) is 5.91 Å². The molecule has 2 unspecified atom stereocenters. The molecule has 3 N–H and O–H groups in total. The topological polar surface area (TPSA) is 70.2 Å². The maximum absolute atomic E-state index is 13.0. The molecule has 1 aromatic carbocycles. The average molecular weight is 349 g/mol. The van der Waals surface area contributed by atoms with Gasteiger partial charge in [-0.3, -0.25) is 9.59 Å². The molecular formula is C19H28FN3O2. The van der Waals surface area contributed by atoms with E-state index in [1.54, 1.807) is 0 Å². The van der Waals surface area contributed by atoms with Crippen LogP contribution in [0.15, 0.2) is 24.3 Å². The van der Waals surface area contributed by atoms with Crippen molar-refractivity contribution in [3.63, 3.8) is 0 Å². The monoisotopic (exact) mass is 349 g/mol. The van der Waals surface area contributed by atoms with Crippen LogP contribution >= 0.6 is 0 Å². The second-order valence-corrected chi connectivity index (χ2v) is 6.99. The molecule has 2 atom stereocenters. The minimum atomic E-state index is -0.609. The Morgan fingerprint density at radius 3 is 2.60 bits per heavy atom. The molecular weight excluding hydrogens is 321 g/mol. The summed E-state index contributed by atoms with van der Waals surface area (Å²) in [6.45, 7) is 6.47. The fourth-order valence-corrected chi connectivity index (χ4v) is 3.04. The summed E-state index contributed by atoms with van der Waals surface area (Å²) in [5, 5.41) is 9.06. The van der Waals surface area contributed by atoms with Crippen molar-refractivity contribution in [1.82, 2.24) is 16.0 Å². The third-order valence-corrected chi connectivity index (χ3v) is 4.59. The van der Waals surface area contributed by atoms with Crippen molar-refractivity contribution >= 4 is 11.8 Å². The van der Waals surface area contributed by atoms with Crippen molar-refractivity contribution in [3.05, 3.63) is 35.6 Å². The third kappa shape index (κ3) is 6.12. The summed E-state index contributed by atoms with van der Waals surface area (Å²) in [6.07, 6.45) is 3.31. The molecule has 138 valence electrons. The first kappa shape index (κ1) is 19.4. The molecule has 1 aliphatic heterocycles. The summed E-state index contributed by atoms with van der Waals surface area (Å²) in [5.41, 5.74) is 0.341. The lowest BCUT2D eigenvalue weighted by Crippen LogP contribution is -2.50. The van der Waals surface area contributed by atoms with Gasteiger partial charge in [0, 0.05) is 12.1 Å². The first-order valence-electron chi connectivity index (χ1n) is 9.02. The zero-order chi connectivity index (χ0) is 18.2. The number of carbonyl (C=O) groups excluding carboxylic acids is 2. The number of amides is 2. The van der Waals surface area contributed by atoms with Crippen LogP contribution in [0.5, 0.6) is 0 Å². The molecule has 25 heavy (non-hydrogen) atoms. The SMILES string of the molecule is CC(C)C(NC(=O)c1ccc(F)cc1)C(=O)NCCC1CCCNC1. The van der Waals surface area contributed by atoms with Crippen molar-refractivity contribution in [2.75, 3.05) is 19.6 Å². The smallest absolute Gasteiger partial charge is 0.251 e. The summed E-state index contributed by atoms with van der Waals surface area (Å²) in [4.78, 5) is 24.7. The number of carbonyl (C=O) groups is 2. The van der Waals surface area contributed by atoms with E-state index in [1.165, 1.54) is 37.1 Å². The summed E-state index contributed by atoms with van der Waals surface area (Å²) < 4.78 is 13.0. The zero-order valence-electron chi connectivity index (χ0n) is 15.0. The number of piperidine rings is 1. The van der Waals surface area contributed by atoms with Crippen LogP contribution in [0.25, 0.3) is 0 Å².